The fourth-order valence-corrected chi connectivity index (χ4v) is 4.38. The molecule has 5 nitrogen and oxygen atoms in total. The van der Waals surface area contributed by atoms with Crippen molar-refractivity contribution in [3.63, 3.8) is 0 Å². The first-order valence-corrected chi connectivity index (χ1v) is 8.98. The maximum atomic E-state index is 13.1. The van der Waals surface area contributed by atoms with Crippen LogP contribution in [0.1, 0.15) is 20.0 Å². The second kappa shape index (κ2) is 7.51. The van der Waals surface area contributed by atoms with E-state index in [9.17, 15) is 18.3 Å². The minimum Gasteiger partial charge on any atom is -1.00 e. The monoisotopic (exact) mass is 387 g/mol. The molecule has 25 heavy (non-hydrogen) atoms. The largest absolute Gasteiger partial charge is 1.00 e. The van der Waals surface area contributed by atoms with Gasteiger partial charge >= 0.3 is 35.5 Å². The van der Waals surface area contributed by atoms with Crippen molar-refractivity contribution in [2.24, 2.45) is 0 Å². The quantitative estimate of drug-likeness (QED) is 0.673. The Morgan fingerprint density at radius 3 is 2.40 bits per heavy atom. The van der Waals surface area contributed by atoms with E-state index < -0.39 is 21.9 Å². The molecule has 1 aromatic heterocycles. The van der Waals surface area contributed by atoms with Crippen LogP contribution in [-0.4, -0.2) is 23.5 Å². The first-order valence-electron chi connectivity index (χ1n) is 7.16. The molecule has 1 atom stereocenters. The topological polar surface area (TPSA) is 76.4 Å². The SMILES string of the molecule is CC(C(=O)O)c1cc2cc(Cl)ccc2n1S(=O)(=O)c1ccccc1.[H-].[Na+]. The molecule has 0 bridgehead atoms. The number of carboxylic acid groups (broad SMARTS) is 1. The van der Waals surface area contributed by atoms with E-state index in [0.29, 0.717) is 15.9 Å². The molecule has 3 aromatic rings. The van der Waals surface area contributed by atoms with Crippen molar-refractivity contribution in [2.45, 2.75) is 17.7 Å². The zero-order chi connectivity index (χ0) is 17.5. The predicted molar refractivity (Wildman–Crippen MR) is 93.1 cm³/mol. The van der Waals surface area contributed by atoms with E-state index in [-0.39, 0.29) is 41.6 Å². The number of rotatable bonds is 4. The molecule has 1 N–H and O–H groups in total. The van der Waals surface area contributed by atoms with E-state index in [0.717, 1.165) is 3.97 Å². The zero-order valence-corrected chi connectivity index (χ0v) is 17.3. The molecule has 0 aliphatic carbocycles. The average Bonchev–Trinajstić information content (AvgIpc) is 2.93. The normalized spacial score (nSPS) is 12.6. The molecule has 0 saturated heterocycles. The summed E-state index contributed by atoms with van der Waals surface area (Å²) in [6.45, 7) is 1.45. The Labute approximate surface area is 174 Å². The van der Waals surface area contributed by atoms with Gasteiger partial charge in [0.2, 0.25) is 0 Å². The summed E-state index contributed by atoms with van der Waals surface area (Å²) < 4.78 is 27.2. The minimum atomic E-state index is -3.93. The van der Waals surface area contributed by atoms with Crippen molar-refractivity contribution in [3.8, 4) is 0 Å². The molecule has 0 radical (unpaired) electrons. The molecule has 0 fully saturated rings. The van der Waals surface area contributed by atoms with E-state index >= 15 is 0 Å². The van der Waals surface area contributed by atoms with Crippen molar-refractivity contribution in [2.75, 3.05) is 0 Å². The van der Waals surface area contributed by atoms with Crippen LogP contribution in [0.3, 0.4) is 0 Å². The van der Waals surface area contributed by atoms with Crippen LogP contribution in [0.25, 0.3) is 10.9 Å². The minimum absolute atomic E-state index is 0. The summed E-state index contributed by atoms with van der Waals surface area (Å²) in [6.07, 6.45) is 0. The van der Waals surface area contributed by atoms with Gasteiger partial charge in [-0.15, -0.1) is 0 Å². The van der Waals surface area contributed by atoms with Crippen molar-refractivity contribution < 1.29 is 49.3 Å². The van der Waals surface area contributed by atoms with Gasteiger partial charge in [-0.3, -0.25) is 4.79 Å². The molecule has 0 aliphatic heterocycles. The summed E-state index contributed by atoms with van der Waals surface area (Å²) >= 11 is 5.98. The standard InChI is InChI=1S/C17H14ClNO4S.Na.H/c1-11(17(20)21)16-10-12-9-13(18)7-8-15(12)19(16)24(22,23)14-5-3-2-4-6-14;;/h2-11H,1H3,(H,20,21);;/q;+1;-1. The van der Waals surface area contributed by atoms with E-state index in [1.54, 1.807) is 42.5 Å². The molecule has 0 spiro atoms. The molecule has 3 rings (SSSR count). The maximum Gasteiger partial charge on any atom is 1.00 e. The Kier molecular flexibility index (Phi) is 6.01. The maximum absolute atomic E-state index is 13.1. The third-order valence-corrected chi connectivity index (χ3v) is 5.83. The smallest absolute Gasteiger partial charge is 1.00 e. The molecule has 0 aliphatic rings. The number of aromatic nitrogens is 1. The molecular formula is C17H15ClNNaO4S. The summed E-state index contributed by atoms with van der Waals surface area (Å²) in [6, 6.07) is 14.2. The van der Waals surface area contributed by atoms with E-state index in [1.165, 1.54) is 19.1 Å². The van der Waals surface area contributed by atoms with Crippen LogP contribution in [-0.2, 0) is 14.8 Å². The van der Waals surface area contributed by atoms with E-state index in [4.69, 9.17) is 11.6 Å². The summed E-state index contributed by atoms with van der Waals surface area (Å²) in [5, 5.41) is 10.4. The number of aliphatic carboxylic acids is 1. The summed E-state index contributed by atoms with van der Waals surface area (Å²) in [4.78, 5) is 11.5. The number of hydrogen-bond acceptors (Lipinski definition) is 3. The third kappa shape index (κ3) is 3.64. The summed E-state index contributed by atoms with van der Waals surface area (Å²) in [7, 11) is -3.93. The van der Waals surface area contributed by atoms with Crippen LogP contribution < -0.4 is 29.6 Å². The second-order valence-electron chi connectivity index (χ2n) is 5.41. The van der Waals surface area contributed by atoms with Crippen LogP contribution >= 0.6 is 11.6 Å². The van der Waals surface area contributed by atoms with Gasteiger partial charge in [0.1, 0.15) is 0 Å². The van der Waals surface area contributed by atoms with Gasteiger partial charge in [0, 0.05) is 16.1 Å². The number of benzene rings is 2. The van der Waals surface area contributed by atoms with Gasteiger partial charge in [-0.1, -0.05) is 29.8 Å². The van der Waals surface area contributed by atoms with Crippen LogP contribution in [0.5, 0.6) is 0 Å². The zero-order valence-electron chi connectivity index (χ0n) is 14.7. The predicted octanol–water partition coefficient (Wildman–Crippen LogP) is 0.836. The summed E-state index contributed by atoms with van der Waals surface area (Å²) in [5.74, 6) is -2.09. The number of halogens is 1. The first-order chi connectivity index (χ1) is 11.3. The fraction of sp³-hybridized carbons (Fsp3) is 0.118. The molecule has 0 amide bonds. The van der Waals surface area contributed by atoms with Crippen LogP contribution in [0.4, 0.5) is 0 Å². The molecule has 126 valence electrons. The molecule has 2 aromatic carbocycles. The summed E-state index contributed by atoms with van der Waals surface area (Å²) in [5.41, 5.74) is 0.579. The van der Waals surface area contributed by atoms with Gasteiger partial charge in [0.25, 0.3) is 10.0 Å². The average molecular weight is 388 g/mol. The third-order valence-electron chi connectivity index (χ3n) is 3.84. The Bertz CT molecular complexity index is 1040. The van der Waals surface area contributed by atoms with E-state index in [1.807, 2.05) is 0 Å². The van der Waals surface area contributed by atoms with Gasteiger partial charge < -0.3 is 6.53 Å². The van der Waals surface area contributed by atoms with Crippen molar-refractivity contribution in [1.82, 2.24) is 3.97 Å². The van der Waals surface area contributed by atoms with Gasteiger partial charge in [-0.05, 0) is 43.3 Å². The van der Waals surface area contributed by atoms with Gasteiger partial charge in [-0.25, -0.2) is 12.4 Å². The Balaban J connectivity index is 0.00000169. The molecular weight excluding hydrogens is 373 g/mol. The number of fused-ring (bicyclic) bond motifs is 1. The van der Waals surface area contributed by atoms with Crippen LogP contribution in [0.15, 0.2) is 59.5 Å². The Morgan fingerprint density at radius 1 is 1.16 bits per heavy atom. The Hall–Kier alpha value is -1.31. The number of carboxylic acids is 1. The van der Waals surface area contributed by atoms with Crippen molar-refractivity contribution in [1.29, 1.82) is 0 Å². The first kappa shape index (κ1) is 20.0. The van der Waals surface area contributed by atoms with Gasteiger partial charge in [-0.2, -0.15) is 0 Å². The van der Waals surface area contributed by atoms with Crippen molar-refractivity contribution >= 4 is 38.5 Å². The fourth-order valence-electron chi connectivity index (χ4n) is 2.58. The number of carbonyl (C=O) groups is 1. The van der Waals surface area contributed by atoms with Crippen molar-refractivity contribution in [3.05, 3.63) is 65.3 Å². The molecule has 1 heterocycles. The van der Waals surface area contributed by atoms with Gasteiger partial charge in [0.05, 0.1) is 16.3 Å². The molecule has 8 heteroatoms. The second-order valence-corrected chi connectivity index (χ2v) is 7.64. The van der Waals surface area contributed by atoms with Crippen LogP contribution in [0.2, 0.25) is 5.02 Å². The van der Waals surface area contributed by atoms with Crippen LogP contribution in [0, 0.1) is 0 Å². The number of hydrogen-bond donors (Lipinski definition) is 1. The molecule has 1 unspecified atom stereocenters. The number of nitrogens with zero attached hydrogens (tertiary/aromatic N) is 1. The van der Waals surface area contributed by atoms with Gasteiger partial charge in [0.15, 0.2) is 0 Å². The van der Waals surface area contributed by atoms with E-state index in [2.05, 4.69) is 0 Å². The Morgan fingerprint density at radius 2 is 1.80 bits per heavy atom. The molecule has 0 saturated carbocycles.